The van der Waals surface area contributed by atoms with Crippen LogP contribution in [0.1, 0.15) is 6.92 Å². The van der Waals surface area contributed by atoms with E-state index >= 15 is 0 Å². The molecule has 1 amide bonds. The van der Waals surface area contributed by atoms with E-state index in [0.29, 0.717) is 21.5 Å². The fourth-order valence-electron chi connectivity index (χ4n) is 2.73. The van der Waals surface area contributed by atoms with E-state index in [2.05, 4.69) is 15.5 Å². The number of halogens is 1. The molecule has 0 saturated heterocycles. The number of ether oxygens (including phenoxy) is 1. The number of nitrogens with one attached hydrogen (secondary N) is 1. The van der Waals surface area contributed by atoms with Gasteiger partial charge in [-0.3, -0.25) is 14.4 Å². The van der Waals surface area contributed by atoms with Gasteiger partial charge in [0.25, 0.3) is 0 Å². The van der Waals surface area contributed by atoms with Gasteiger partial charge >= 0.3 is 0 Å². The SMILES string of the molecule is COc1ccc(N(C(C)C(=O)Nc2nnc(-c3ccc(Cl)cc3)s2)S(C)(=O)=O)cc1. The van der Waals surface area contributed by atoms with E-state index in [4.69, 9.17) is 16.3 Å². The van der Waals surface area contributed by atoms with Gasteiger partial charge in [0.05, 0.1) is 19.1 Å². The van der Waals surface area contributed by atoms with Crippen molar-refractivity contribution >= 4 is 49.7 Å². The minimum Gasteiger partial charge on any atom is -0.497 e. The lowest BCUT2D eigenvalue weighted by atomic mass is 10.2. The van der Waals surface area contributed by atoms with Gasteiger partial charge < -0.3 is 4.74 Å². The van der Waals surface area contributed by atoms with Gasteiger partial charge in [-0.05, 0) is 43.3 Å². The molecule has 2 aromatic carbocycles. The first-order valence-corrected chi connectivity index (χ1v) is 11.8. The summed E-state index contributed by atoms with van der Waals surface area (Å²) in [6.07, 6.45) is 1.05. The van der Waals surface area contributed by atoms with E-state index in [1.165, 1.54) is 25.4 Å². The highest BCUT2D eigenvalue weighted by Gasteiger charge is 2.29. The van der Waals surface area contributed by atoms with Crippen molar-refractivity contribution in [2.45, 2.75) is 13.0 Å². The molecule has 8 nitrogen and oxygen atoms in total. The second-order valence-corrected chi connectivity index (χ2v) is 9.61. The largest absolute Gasteiger partial charge is 0.497 e. The van der Waals surface area contributed by atoms with Gasteiger partial charge in [-0.25, -0.2) is 8.42 Å². The van der Waals surface area contributed by atoms with Crippen LogP contribution in [0.15, 0.2) is 48.5 Å². The Kier molecular flexibility index (Phi) is 6.59. The zero-order chi connectivity index (χ0) is 21.9. The highest BCUT2D eigenvalue weighted by molar-refractivity contribution is 7.92. The number of rotatable bonds is 7. The third kappa shape index (κ3) is 5.07. The molecule has 30 heavy (non-hydrogen) atoms. The molecule has 1 aromatic heterocycles. The lowest BCUT2D eigenvalue weighted by molar-refractivity contribution is -0.116. The van der Waals surface area contributed by atoms with Crippen LogP contribution in [-0.2, 0) is 14.8 Å². The number of anilines is 2. The number of carbonyl (C=O) groups is 1. The summed E-state index contributed by atoms with van der Waals surface area (Å²) in [5.74, 6) is 0.0444. The molecular formula is C19H19ClN4O4S2. The molecular weight excluding hydrogens is 448 g/mol. The summed E-state index contributed by atoms with van der Waals surface area (Å²) in [7, 11) is -2.22. The number of sulfonamides is 1. The molecule has 0 aliphatic heterocycles. The Hall–Kier alpha value is -2.69. The maximum absolute atomic E-state index is 12.8. The van der Waals surface area contributed by atoms with Gasteiger partial charge in [-0.15, -0.1) is 10.2 Å². The monoisotopic (exact) mass is 466 g/mol. The van der Waals surface area contributed by atoms with Crippen molar-refractivity contribution in [1.82, 2.24) is 10.2 Å². The molecule has 0 saturated carbocycles. The molecule has 0 fully saturated rings. The van der Waals surface area contributed by atoms with Gasteiger partial charge in [0.1, 0.15) is 16.8 Å². The number of methoxy groups -OCH3 is 1. The molecule has 1 N–H and O–H groups in total. The van der Waals surface area contributed by atoms with Crippen molar-refractivity contribution in [3.63, 3.8) is 0 Å². The summed E-state index contributed by atoms with van der Waals surface area (Å²) in [6, 6.07) is 12.5. The first-order valence-electron chi connectivity index (χ1n) is 8.73. The highest BCUT2D eigenvalue weighted by Crippen LogP contribution is 2.28. The maximum Gasteiger partial charge on any atom is 0.249 e. The average molecular weight is 467 g/mol. The third-order valence-corrected chi connectivity index (χ3v) is 6.54. The van der Waals surface area contributed by atoms with E-state index in [0.717, 1.165) is 16.1 Å². The van der Waals surface area contributed by atoms with E-state index < -0.39 is 22.0 Å². The Labute approximate surface area is 183 Å². The molecule has 1 heterocycles. The lowest BCUT2D eigenvalue weighted by Gasteiger charge is -2.28. The molecule has 0 aliphatic rings. The van der Waals surface area contributed by atoms with Crippen molar-refractivity contribution in [2.75, 3.05) is 23.0 Å². The Morgan fingerprint density at radius 3 is 2.33 bits per heavy atom. The van der Waals surface area contributed by atoms with E-state index in [1.54, 1.807) is 48.5 Å². The number of carbonyl (C=O) groups excluding carboxylic acids is 1. The maximum atomic E-state index is 12.8. The minimum atomic E-state index is -3.73. The summed E-state index contributed by atoms with van der Waals surface area (Å²) < 4.78 is 30.9. The summed E-state index contributed by atoms with van der Waals surface area (Å²) in [5, 5.41) is 12.1. The van der Waals surface area contributed by atoms with Crippen LogP contribution in [-0.4, -0.2) is 43.9 Å². The molecule has 0 aliphatic carbocycles. The number of hydrogen-bond acceptors (Lipinski definition) is 7. The molecule has 0 radical (unpaired) electrons. The number of nitrogens with zero attached hydrogens (tertiary/aromatic N) is 3. The Balaban J connectivity index is 1.79. The number of amides is 1. The molecule has 158 valence electrons. The van der Waals surface area contributed by atoms with Crippen LogP contribution in [0.3, 0.4) is 0 Å². The third-order valence-electron chi connectivity index (χ3n) is 4.16. The zero-order valence-corrected chi connectivity index (χ0v) is 18.8. The Morgan fingerprint density at radius 1 is 1.13 bits per heavy atom. The molecule has 11 heteroatoms. The van der Waals surface area contributed by atoms with Crippen LogP contribution in [0.4, 0.5) is 10.8 Å². The molecule has 1 atom stereocenters. The predicted octanol–water partition coefficient (Wildman–Crippen LogP) is 3.66. The normalized spacial score (nSPS) is 12.3. The summed E-state index contributed by atoms with van der Waals surface area (Å²) in [5.41, 5.74) is 1.15. The van der Waals surface area contributed by atoms with Crippen molar-refractivity contribution in [3.05, 3.63) is 53.6 Å². The van der Waals surface area contributed by atoms with E-state index in [9.17, 15) is 13.2 Å². The number of benzene rings is 2. The van der Waals surface area contributed by atoms with Crippen LogP contribution in [0.5, 0.6) is 5.75 Å². The van der Waals surface area contributed by atoms with Crippen LogP contribution in [0.25, 0.3) is 10.6 Å². The minimum absolute atomic E-state index is 0.264. The average Bonchev–Trinajstić information content (AvgIpc) is 3.16. The van der Waals surface area contributed by atoms with Crippen molar-refractivity contribution in [2.24, 2.45) is 0 Å². The smallest absolute Gasteiger partial charge is 0.249 e. The number of hydrogen-bond donors (Lipinski definition) is 1. The van der Waals surface area contributed by atoms with Gasteiger partial charge in [-0.2, -0.15) is 0 Å². The topological polar surface area (TPSA) is 101 Å². The molecule has 3 aromatic rings. The van der Waals surface area contributed by atoms with Gasteiger partial charge in [-0.1, -0.05) is 35.1 Å². The molecule has 0 bridgehead atoms. The second kappa shape index (κ2) is 8.99. The van der Waals surface area contributed by atoms with Gasteiger partial charge in [0.2, 0.25) is 21.1 Å². The second-order valence-electron chi connectivity index (χ2n) is 6.34. The molecule has 1 unspecified atom stereocenters. The quantitative estimate of drug-likeness (QED) is 0.570. The van der Waals surface area contributed by atoms with E-state index in [-0.39, 0.29) is 5.13 Å². The van der Waals surface area contributed by atoms with Crippen molar-refractivity contribution in [1.29, 1.82) is 0 Å². The number of aromatic nitrogens is 2. The first kappa shape index (κ1) is 22.0. The highest BCUT2D eigenvalue weighted by atomic mass is 35.5. The Morgan fingerprint density at radius 2 is 1.77 bits per heavy atom. The summed E-state index contributed by atoms with van der Waals surface area (Å²) >= 11 is 7.07. The first-order chi connectivity index (χ1) is 14.2. The lowest BCUT2D eigenvalue weighted by Crippen LogP contribution is -2.45. The van der Waals surface area contributed by atoms with Crippen LogP contribution in [0, 0.1) is 0 Å². The zero-order valence-electron chi connectivity index (χ0n) is 16.4. The van der Waals surface area contributed by atoms with Crippen molar-refractivity contribution < 1.29 is 17.9 Å². The Bertz CT molecular complexity index is 1130. The van der Waals surface area contributed by atoms with Gasteiger partial charge in [0.15, 0.2) is 0 Å². The fourth-order valence-corrected chi connectivity index (χ4v) is 4.78. The van der Waals surface area contributed by atoms with Crippen LogP contribution < -0.4 is 14.4 Å². The predicted molar refractivity (Wildman–Crippen MR) is 119 cm³/mol. The van der Waals surface area contributed by atoms with Gasteiger partial charge in [0, 0.05) is 10.6 Å². The fraction of sp³-hybridized carbons (Fsp3) is 0.211. The molecule has 0 spiro atoms. The van der Waals surface area contributed by atoms with Crippen LogP contribution in [0.2, 0.25) is 5.02 Å². The molecule has 3 rings (SSSR count). The van der Waals surface area contributed by atoms with Crippen molar-refractivity contribution in [3.8, 4) is 16.3 Å². The van der Waals surface area contributed by atoms with E-state index in [1.807, 2.05) is 0 Å². The summed E-state index contributed by atoms with van der Waals surface area (Å²) in [4.78, 5) is 12.8. The standard InChI is InChI=1S/C19H19ClN4O4S2/c1-12(24(30(3,26)27)15-8-10-16(28-2)11-9-15)17(25)21-19-23-22-18(29-19)13-4-6-14(20)7-5-13/h4-12H,1-3H3,(H,21,23,25). The summed E-state index contributed by atoms with van der Waals surface area (Å²) in [6.45, 7) is 1.50. The van der Waals surface area contributed by atoms with Crippen LogP contribution >= 0.6 is 22.9 Å².